The number of hydrogen-bond acceptors (Lipinski definition) is 3. The maximum atomic E-state index is 12.5. The van der Waals surface area contributed by atoms with Crippen molar-refractivity contribution < 1.29 is 9.59 Å². The van der Waals surface area contributed by atoms with Crippen LogP contribution in [0, 0.1) is 12.8 Å². The van der Waals surface area contributed by atoms with Crippen LogP contribution >= 0.6 is 0 Å². The van der Waals surface area contributed by atoms with Gasteiger partial charge in [-0.1, -0.05) is 12.1 Å². The van der Waals surface area contributed by atoms with Crippen molar-refractivity contribution in [1.82, 2.24) is 9.80 Å². The third-order valence-electron chi connectivity index (χ3n) is 5.30. The van der Waals surface area contributed by atoms with E-state index in [1.54, 1.807) is 6.92 Å². The van der Waals surface area contributed by atoms with Gasteiger partial charge < -0.3 is 4.90 Å². The molecule has 1 aromatic rings. The Morgan fingerprint density at radius 3 is 2.42 bits per heavy atom. The highest BCUT2D eigenvalue weighted by Crippen LogP contribution is 2.29. The van der Waals surface area contributed by atoms with Gasteiger partial charge in [-0.05, 0) is 56.2 Å². The molecule has 0 atom stereocenters. The molecule has 1 saturated carbocycles. The molecule has 1 saturated heterocycles. The Bertz CT molecular complexity index is 614. The standard InChI is InChI=1S/C20H28N2O2/c1-15-13-19(16(2)23)6-5-18(15)7-8-20(24)22-11-9-21(10-12-22)14-17-3-4-17/h5-6,13,17H,3-4,7-12,14H2,1-2H3. The normalized spacial score (nSPS) is 18.7. The van der Waals surface area contributed by atoms with Crippen LogP contribution < -0.4 is 0 Å². The third kappa shape index (κ3) is 4.44. The van der Waals surface area contributed by atoms with E-state index in [9.17, 15) is 9.59 Å². The number of ketones is 1. The minimum Gasteiger partial charge on any atom is -0.340 e. The van der Waals surface area contributed by atoms with E-state index in [1.807, 2.05) is 30.0 Å². The van der Waals surface area contributed by atoms with E-state index in [-0.39, 0.29) is 11.7 Å². The molecule has 0 spiro atoms. The van der Waals surface area contributed by atoms with Crippen molar-refractivity contribution in [2.75, 3.05) is 32.7 Å². The quantitative estimate of drug-likeness (QED) is 0.754. The Morgan fingerprint density at radius 1 is 1.12 bits per heavy atom. The molecular formula is C20H28N2O2. The lowest BCUT2D eigenvalue weighted by Crippen LogP contribution is -2.49. The van der Waals surface area contributed by atoms with Crippen molar-refractivity contribution in [2.45, 2.75) is 39.5 Å². The smallest absolute Gasteiger partial charge is 0.222 e. The Balaban J connectivity index is 1.46. The molecule has 0 radical (unpaired) electrons. The second kappa shape index (κ2) is 7.47. The van der Waals surface area contributed by atoms with Gasteiger partial charge in [-0.3, -0.25) is 14.5 Å². The van der Waals surface area contributed by atoms with Crippen molar-refractivity contribution in [2.24, 2.45) is 5.92 Å². The predicted octanol–water partition coefficient (Wildman–Crippen LogP) is 2.68. The fraction of sp³-hybridized carbons (Fsp3) is 0.600. The number of benzene rings is 1. The van der Waals surface area contributed by atoms with Crippen LogP contribution in [0.4, 0.5) is 0 Å². The number of hydrogen-bond donors (Lipinski definition) is 0. The Morgan fingerprint density at radius 2 is 1.83 bits per heavy atom. The molecule has 1 aliphatic carbocycles. The van der Waals surface area contributed by atoms with Crippen molar-refractivity contribution in [1.29, 1.82) is 0 Å². The highest BCUT2D eigenvalue weighted by atomic mass is 16.2. The molecule has 0 aromatic heterocycles. The molecular weight excluding hydrogens is 300 g/mol. The summed E-state index contributed by atoms with van der Waals surface area (Å²) in [6, 6.07) is 5.79. The van der Waals surface area contributed by atoms with Crippen LogP contribution in [0.5, 0.6) is 0 Å². The first kappa shape index (κ1) is 17.2. The molecule has 1 heterocycles. The topological polar surface area (TPSA) is 40.6 Å². The molecule has 0 N–H and O–H groups in total. The first-order valence-electron chi connectivity index (χ1n) is 9.13. The lowest BCUT2D eigenvalue weighted by Gasteiger charge is -2.35. The largest absolute Gasteiger partial charge is 0.340 e. The van der Waals surface area contributed by atoms with E-state index in [4.69, 9.17) is 0 Å². The summed E-state index contributed by atoms with van der Waals surface area (Å²) >= 11 is 0. The first-order chi connectivity index (χ1) is 11.5. The summed E-state index contributed by atoms with van der Waals surface area (Å²) < 4.78 is 0. The van der Waals surface area contributed by atoms with Gasteiger partial charge in [0.1, 0.15) is 0 Å². The molecule has 0 bridgehead atoms. The molecule has 24 heavy (non-hydrogen) atoms. The maximum Gasteiger partial charge on any atom is 0.222 e. The van der Waals surface area contributed by atoms with Gasteiger partial charge in [0.25, 0.3) is 0 Å². The second-order valence-corrected chi connectivity index (χ2v) is 7.32. The summed E-state index contributed by atoms with van der Waals surface area (Å²) in [5, 5.41) is 0. The van der Waals surface area contributed by atoms with Crippen LogP contribution in [0.25, 0.3) is 0 Å². The molecule has 1 aliphatic heterocycles. The first-order valence-corrected chi connectivity index (χ1v) is 9.13. The molecule has 2 aliphatic rings. The summed E-state index contributed by atoms with van der Waals surface area (Å²) in [5.41, 5.74) is 3.01. The average Bonchev–Trinajstić information content (AvgIpc) is 3.38. The molecule has 4 nitrogen and oxygen atoms in total. The van der Waals surface area contributed by atoms with E-state index in [0.717, 1.165) is 49.6 Å². The molecule has 130 valence electrons. The predicted molar refractivity (Wildman–Crippen MR) is 95.2 cm³/mol. The van der Waals surface area contributed by atoms with Gasteiger partial charge in [0, 0.05) is 44.7 Å². The van der Waals surface area contributed by atoms with Crippen LogP contribution in [0.15, 0.2) is 18.2 Å². The Kier molecular flexibility index (Phi) is 5.34. The number of rotatable bonds is 6. The zero-order chi connectivity index (χ0) is 17.1. The zero-order valence-electron chi connectivity index (χ0n) is 14.9. The summed E-state index contributed by atoms with van der Waals surface area (Å²) in [4.78, 5) is 28.4. The fourth-order valence-corrected chi connectivity index (χ4v) is 3.44. The van der Waals surface area contributed by atoms with Crippen molar-refractivity contribution in [3.05, 3.63) is 34.9 Å². The van der Waals surface area contributed by atoms with Crippen molar-refractivity contribution >= 4 is 11.7 Å². The number of aryl methyl sites for hydroxylation is 2. The van der Waals surface area contributed by atoms with E-state index in [0.29, 0.717) is 6.42 Å². The van der Waals surface area contributed by atoms with Gasteiger partial charge in [-0.15, -0.1) is 0 Å². The minimum absolute atomic E-state index is 0.0878. The summed E-state index contributed by atoms with van der Waals surface area (Å²) in [5.74, 6) is 1.27. The van der Waals surface area contributed by atoms with Gasteiger partial charge in [-0.2, -0.15) is 0 Å². The van der Waals surface area contributed by atoms with Crippen LogP contribution in [0.1, 0.15) is 47.7 Å². The average molecular weight is 328 g/mol. The highest BCUT2D eigenvalue weighted by molar-refractivity contribution is 5.94. The second-order valence-electron chi connectivity index (χ2n) is 7.32. The van der Waals surface area contributed by atoms with Crippen LogP contribution in [-0.2, 0) is 11.2 Å². The zero-order valence-corrected chi connectivity index (χ0v) is 14.9. The van der Waals surface area contributed by atoms with Crippen molar-refractivity contribution in [3.63, 3.8) is 0 Å². The Labute approximate surface area is 144 Å². The van der Waals surface area contributed by atoms with Gasteiger partial charge in [0.2, 0.25) is 5.91 Å². The Hall–Kier alpha value is -1.68. The fourth-order valence-electron chi connectivity index (χ4n) is 3.44. The SMILES string of the molecule is CC(=O)c1ccc(CCC(=O)N2CCN(CC3CC3)CC2)c(C)c1. The molecule has 4 heteroatoms. The number of carbonyl (C=O) groups excluding carboxylic acids is 2. The van der Waals surface area contributed by atoms with E-state index < -0.39 is 0 Å². The van der Waals surface area contributed by atoms with Crippen LogP contribution in [0.3, 0.4) is 0 Å². The molecule has 0 unspecified atom stereocenters. The maximum absolute atomic E-state index is 12.5. The molecule has 1 aromatic carbocycles. The summed E-state index contributed by atoms with van der Waals surface area (Å²) in [7, 11) is 0. The minimum atomic E-state index is 0.0878. The van der Waals surface area contributed by atoms with Crippen molar-refractivity contribution in [3.8, 4) is 0 Å². The summed E-state index contributed by atoms with van der Waals surface area (Å²) in [6.07, 6.45) is 4.09. The van der Waals surface area contributed by atoms with Crippen LogP contribution in [0.2, 0.25) is 0 Å². The monoisotopic (exact) mass is 328 g/mol. The van der Waals surface area contributed by atoms with E-state index in [1.165, 1.54) is 24.9 Å². The number of Topliss-reactive ketones (excluding diaryl/α,β-unsaturated/α-hetero) is 1. The van der Waals surface area contributed by atoms with Crippen LogP contribution in [-0.4, -0.2) is 54.2 Å². The molecule has 1 amide bonds. The third-order valence-corrected chi connectivity index (χ3v) is 5.30. The highest BCUT2D eigenvalue weighted by Gasteiger charge is 2.27. The van der Waals surface area contributed by atoms with Gasteiger partial charge in [0.15, 0.2) is 5.78 Å². The van der Waals surface area contributed by atoms with Gasteiger partial charge in [-0.25, -0.2) is 0 Å². The lowest BCUT2D eigenvalue weighted by atomic mass is 9.99. The number of amides is 1. The lowest BCUT2D eigenvalue weighted by molar-refractivity contribution is -0.132. The van der Waals surface area contributed by atoms with Gasteiger partial charge in [0.05, 0.1) is 0 Å². The van der Waals surface area contributed by atoms with Gasteiger partial charge >= 0.3 is 0 Å². The number of nitrogens with zero attached hydrogens (tertiary/aromatic N) is 2. The molecule has 3 rings (SSSR count). The van der Waals surface area contributed by atoms with E-state index in [2.05, 4.69) is 4.90 Å². The molecule has 2 fully saturated rings. The van der Waals surface area contributed by atoms with E-state index >= 15 is 0 Å². The number of carbonyl (C=O) groups is 2. The summed E-state index contributed by atoms with van der Waals surface area (Å²) in [6.45, 7) is 8.61. The number of piperazine rings is 1.